The van der Waals surface area contributed by atoms with E-state index in [4.69, 9.17) is 0 Å². The largest absolute Gasteiger partial charge is 0.382 e. The second kappa shape index (κ2) is 31.0. The van der Waals surface area contributed by atoms with Crippen molar-refractivity contribution in [3.05, 3.63) is 148 Å². The smallest absolute Gasteiger partial charge is 0.326 e. The molecule has 2 amide bonds. The summed E-state index contributed by atoms with van der Waals surface area (Å²) in [7, 11) is -12.4. The van der Waals surface area contributed by atoms with E-state index >= 15 is 0 Å². The van der Waals surface area contributed by atoms with E-state index in [0.717, 1.165) is 115 Å². The number of piperidine rings is 4. The van der Waals surface area contributed by atoms with Crippen LogP contribution in [0.5, 0.6) is 0 Å². The normalized spacial score (nSPS) is 19.2. The summed E-state index contributed by atoms with van der Waals surface area (Å²) in [5.74, 6) is -0.170. The molecule has 3 aromatic heterocycles. The van der Waals surface area contributed by atoms with Crippen molar-refractivity contribution in [2.75, 3.05) is 149 Å². The van der Waals surface area contributed by atoms with Gasteiger partial charge in [-0.2, -0.15) is 4.31 Å². The number of para-hydroxylation sites is 8. The molecule has 540 valence electrons. The number of aromatic nitrogens is 5. The van der Waals surface area contributed by atoms with Crippen LogP contribution in [0.15, 0.2) is 131 Å². The molecular formula is C68H90FN15O12S4. The summed E-state index contributed by atoms with van der Waals surface area (Å²) in [5.41, 5.74) is 9.40. The fraction of sp³-hybridized carbons (Fsp3) is 0.471. The maximum Gasteiger partial charge on any atom is 0.326 e. The third kappa shape index (κ3) is 17.4. The van der Waals surface area contributed by atoms with Crippen LogP contribution in [0.3, 0.4) is 0 Å². The predicted octanol–water partition coefficient (Wildman–Crippen LogP) is 6.04. The van der Waals surface area contributed by atoms with Crippen LogP contribution >= 0.6 is 0 Å². The lowest BCUT2D eigenvalue weighted by atomic mass is 10.0. The number of benzene rings is 5. The number of carbonyl (C=O) groups is 2. The van der Waals surface area contributed by atoms with Gasteiger partial charge in [0.15, 0.2) is 0 Å². The van der Waals surface area contributed by atoms with Crippen molar-refractivity contribution in [1.29, 1.82) is 0 Å². The molecular weight excluding hydrogens is 1370 g/mol. The molecule has 32 heteroatoms. The number of imidazole rings is 2. The highest BCUT2D eigenvalue weighted by atomic mass is 32.2. The molecule has 27 nitrogen and oxygen atoms in total. The molecule has 0 unspecified atom stereocenters. The lowest BCUT2D eigenvalue weighted by Gasteiger charge is -2.42. The molecule has 5 aromatic carbocycles. The number of fused-ring (bicyclic) bond motifs is 5. The number of anilines is 5. The molecule has 10 heterocycles. The first-order chi connectivity index (χ1) is 47.6. The van der Waals surface area contributed by atoms with E-state index in [1.165, 1.54) is 61.4 Å². The number of carbonyl (C=O) groups excluding carboxylic acids is 2. The Morgan fingerprint density at radius 3 is 1.36 bits per heavy atom. The Balaban J connectivity index is 0.000000126. The molecule has 0 spiro atoms. The summed E-state index contributed by atoms with van der Waals surface area (Å²) < 4.78 is 115. The summed E-state index contributed by atoms with van der Waals surface area (Å²) in [6.07, 6.45) is 13.1. The van der Waals surface area contributed by atoms with Crippen molar-refractivity contribution in [3.63, 3.8) is 0 Å². The zero-order valence-corrected chi connectivity index (χ0v) is 60.3. The molecule has 5 fully saturated rings. The summed E-state index contributed by atoms with van der Waals surface area (Å²) in [5, 5.41) is 7.25. The molecule has 0 aliphatic carbocycles. The summed E-state index contributed by atoms with van der Waals surface area (Å²) >= 11 is 0. The van der Waals surface area contributed by atoms with E-state index in [0.29, 0.717) is 90.9 Å². The minimum absolute atomic E-state index is 0.0146. The van der Waals surface area contributed by atoms with Crippen LogP contribution in [0, 0.1) is 5.82 Å². The second-order valence-corrected chi connectivity index (χ2v) is 34.3. The Bertz CT molecular complexity index is 4810. The van der Waals surface area contributed by atoms with E-state index in [1.807, 2.05) is 94.5 Å². The molecule has 5 N–H and O–H groups in total. The molecule has 5 saturated heterocycles. The number of rotatable bonds is 9. The first kappa shape index (κ1) is 73.1. The van der Waals surface area contributed by atoms with Gasteiger partial charge in [0.05, 0.1) is 87.6 Å². The third-order valence-electron chi connectivity index (χ3n) is 19.8. The first-order valence-electron chi connectivity index (χ1n) is 33.8. The van der Waals surface area contributed by atoms with Gasteiger partial charge in [-0.15, -0.1) is 0 Å². The Hall–Kier alpha value is -8.11. The third-order valence-corrected chi connectivity index (χ3v) is 25.0. The van der Waals surface area contributed by atoms with Gasteiger partial charge < -0.3 is 45.2 Å². The van der Waals surface area contributed by atoms with Gasteiger partial charge in [0.1, 0.15) is 5.82 Å². The van der Waals surface area contributed by atoms with Crippen LogP contribution in [0.1, 0.15) is 70.4 Å². The number of likely N-dealkylation sites (tertiary alicyclic amines) is 1. The van der Waals surface area contributed by atoms with Crippen molar-refractivity contribution >= 4 is 113 Å². The monoisotopic (exact) mass is 1460 g/mol. The van der Waals surface area contributed by atoms with Crippen molar-refractivity contribution in [2.24, 2.45) is 0 Å². The number of amides is 2. The van der Waals surface area contributed by atoms with E-state index in [2.05, 4.69) is 58.5 Å². The Labute approximate surface area is 583 Å². The molecule has 8 aromatic rings. The highest BCUT2D eigenvalue weighted by molar-refractivity contribution is 7.89. The van der Waals surface area contributed by atoms with Crippen LogP contribution < -0.4 is 36.7 Å². The van der Waals surface area contributed by atoms with Crippen molar-refractivity contribution in [3.8, 4) is 0 Å². The average Bonchev–Trinajstić information content (AvgIpc) is 1.19. The lowest BCUT2D eigenvalue weighted by molar-refractivity contribution is -0.130. The van der Waals surface area contributed by atoms with Crippen LogP contribution in [0.25, 0.3) is 33.0 Å². The Morgan fingerprint density at radius 1 is 0.450 bits per heavy atom. The minimum Gasteiger partial charge on any atom is -0.382 e. The van der Waals surface area contributed by atoms with Gasteiger partial charge in [-0.3, -0.25) is 18.7 Å². The molecule has 0 bridgehead atoms. The van der Waals surface area contributed by atoms with Gasteiger partial charge in [0.2, 0.25) is 51.9 Å². The summed E-state index contributed by atoms with van der Waals surface area (Å²) in [6, 6.07) is 36.9. The minimum atomic E-state index is -3.13. The van der Waals surface area contributed by atoms with Gasteiger partial charge in [-0.05, 0) is 118 Å². The summed E-state index contributed by atoms with van der Waals surface area (Å²) in [4.78, 5) is 64.6. The fourth-order valence-electron chi connectivity index (χ4n) is 14.6. The molecule has 15 rings (SSSR count). The van der Waals surface area contributed by atoms with Crippen molar-refractivity contribution in [2.45, 2.75) is 82.5 Å². The average molecular weight is 1460 g/mol. The number of piperazine rings is 1. The number of halogens is 1. The van der Waals surface area contributed by atoms with E-state index in [-0.39, 0.29) is 47.1 Å². The quantitative estimate of drug-likeness (QED) is 0.110. The Kier molecular flexibility index (Phi) is 22.7. The number of nitrogens with zero attached hydrogens (tertiary/aromatic N) is 10. The SMILES string of the molecule is CC(=O)N1CCC(n2c(=O)[nH]c3ccccc32)CC1.CS(=O)(=O)N1CCC(N2CC(=O)Nc3ccccc32)CC1.CS(=O)(=O)N1CCC(N2CCNc3ccccc32)CC1.CS(=O)(=O)N1CCC(n2c(=O)[nH]c3ccccc32)CC1.CS(=O)(=O)N1CCN(c2c[nH]c3cc(F)ccc23)CC1. The van der Waals surface area contributed by atoms with Gasteiger partial charge in [0.25, 0.3) is 0 Å². The van der Waals surface area contributed by atoms with Gasteiger partial charge in [-0.25, -0.2) is 60.6 Å². The second-order valence-electron chi connectivity index (χ2n) is 26.4. The number of nitrogens with one attached hydrogen (secondary N) is 5. The standard InChI is InChI=1S/C14H19N3O3S.C14H21N3O2S.C14H17N3O2.C13H16FN3O2S.C13H17N3O3S/c1-21(19,20)16-8-6-11(7-9-16)17-10-14(18)15-12-4-2-3-5-13(12)17;1-20(18,19)16-9-6-12(7-10-16)17-11-8-15-13-4-2-3-5-14(13)17;1-10(18)16-8-6-11(7-9-16)17-13-5-3-2-4-12(13)15-14(17)19;1-20(18,19)17-6-4-16(5-7-17)13-9-15-12-8-10(14)2-3-11(12)13;1-20(18,19)15-8-6-10(7-9-15)16-12-5-3-2-4-11(12)14-13(16)17/h2-5,11H,6-10H2,1H3,(H,15,18);2-5,12,15H,6-11H2,1H3;2-5,11H,6-9H2,1H3,(H,15,19);2-3,8-9,15H,4-7H2,1H3;2-5,10H,6-9H2,1H3,(H,14,17). The van der Waals surface area contributed by atoms with Crippen molar-refractivity contribution in [1.82, 2.24) is 46.2 Å². The van der Waals surface area contributed by atoms with Gasteiger partial charge in [0, 0.05) is 134 Å². The van der Waals surface area contributed by atoms with E-state index in [9.17, 15) is 57.2 Å². The van der Waals surface area contributed by atoms with Crippen LogP contribution in [-0.4, -0.2) is 227 Å². The zero-order valence-electron chi connectivity index (χ0n) is 57.0. The predicted molar refractivity (Wildman–Crippen MR) is 391 cm³/mol. The molecule has 7 aliphatic rings. The molecule has 0 saturated carbocycles. The Morgan fingerprint density at radius 2 is 0.870 bits per heavy atom. The number of hydrogen-bond acceptors (Lipinski definition) is 16. The van der Waals surface area contributed by atoms with Gasteiger partial charge in [-0.1, -0.05) is 48.5 Å². The number of sulfonamides is 4. The first-order valence-corrected chi connectivity index (χ1v) is 41.2. The van der Waals surface area contributed by atoms with Crippen LogP contribution in [0.4, 0.5) is 32.8 Å². The van der Waals surface area contributed by atoms with Crippen LogP contribution in [0.2, 0.25) is 0 Å². The van der Waals surface area contributed by atoms with Gasteiger partial charge >= 0.3 is 11.4 Å². The maximum absolute atomic E-state index is 13.2. The molecule has 0 radical (unpaired) electrons. The fourth-order valence-corrected chi connectivity index (χ4v) is 18.0. The zero-order chi connectivity index (χ0) is 71.3. The molecule has 7 aliphatic heterocycles. The van der Waals surface area contributed by atoms with Crippen LogP contribution in [-0.2, 0) is 49.7 Å². The van der Waals surface area contributed by atoms with Crippen molar-refractivity contribution < 1.29 is 47.7 Å². The highest BCUT2D eigenvalue weighted by Gasteiger charge is 2.35. The lowest BCUT2D eigenvalue weighted by Crippen LogP contribution is -2.50. The topological polar surface area (TPSA) is 312 Å². The molecule has 100 heavy (non-hydrogen) atoms. The number of H-pyrrole nitrogens is 3. The maximum atomic E-state index is 13.2. The number of aromatic amines is 3. The van der Waals surface area contributed by atoms with E-state index < -0.39 is 40.1 Å². The number of hydrogen-bond donors (Lipinski definition) is 5. The highest BCUT2D eigenvalue weighted by Crippen LogP contribution is 2.36. The summed E-state index contributed by atoms with van der Waals surface area (Å²) in [6.45, 7) is 10.8. The van der Waals surface area contributed by atoms with E-state index in [1.54, 1.807) is 21.9 Å². The molecule has 0 atom stereocenters.